The SMILES string of the molecule is NN=Cc1ccc(CCc2ccc3c(c2)CCN(CC(=O)O)C3=O)cc1. The minimum atomic E-state index is -0.984. The van der Waals surface area contributed by atoms with Crippen LogP contribution in [0.15, 0.2) is 47.6 Å². The molecule has 0 aromatic heterocycles. The number of rotatable bonds is 6. The Hall–Kier alpha value is -3.15. The monoisotopic (exact) mass is 351 g/mol. The Kier molecular flexibility index (Phi) is 5.31. The summed E-state index contributed by atoms with van der Waals surface area (Å²) in [4.78, 5) is 24.6. The first-order valence-electron chi connectivity index (χ1n) is 8.52. The second-order valence-corrected chi connectivity index (χ2v) is 6.38. The summed E-state index contributed by atoms with van der Waals surface area (Å²) in [5.41, 5.74) is 4.99. The summed E-state index contributed by atoms with van der Waals surface area (Å²) in [5, 5.41) is 12.4. The van der Waals surface area contributed by atoms with Crippen molar-refractivity contribution >= 4 is 18.1 Å². The Balaban J connectivity index is 1.66. The first-order valence-corrected chi connectivity index (χ1v) is 8.52. The number of nitrogens with zero attached hydrogens (tertiary/aromatic N) is 2. The van der Waals surface area contributed by atoms with Crippen LogP contribution in [0, 0.1) is 0 Å². The van der Waals surface area contributed by atoms with Crippen LogP contribution < -0.4 is 5.84 Å². The molecule has 6 heteroatoms. The van der Waals surface area contributed by atoms with E-state index in [1.54, 1.807) is 6.21 Å². The lowest BCUT2D eigenvalue weighted by molar-refractivity contribution is -0.137. The number of nitrogens with two attached hydrogens (primary N) is 1. The zero-order valence-corrected chi connectivity index (χ0v) is 14.4. The molecule has 3 N–H and O–H groups in total. The average Bonchev–Trinajstić information content (AvgIpc) is 2.63. The van der Waals surface area contributed by atoms with Crippen molar-refractivity contribution in [3.63, 3.8) is 0 Å². The number of carbonyl (C=O) groups is 2. The summed E-state index contributed by atoms with van der Waals surface area (Å²) >= 11 is 0. The van der Waals surface area contributed by atoms with Crippen molar-refractivity contribution in [2.24, 2.45) is 10.9 Å². The normalized spacial score (nSPS) is 13.8. The fraction of sp³-hybridized carbons (Fsp3) is 0.250. The van der Waals surface area contributed by atoms with Gasteiger partial charge in [-0.1, -0.05) is 36.4 Å². The number of carboxylic acids is 1. The second kappa shape index (κ2) is 7.82. The first-order chi connectivity index (χ1) is 12.6. The average molecular weight is 351 g/mol. The molecule has 2 aromatic rings. The third kappa shape index (κ3) is 4.08. The van der Waals surface area contributed by atoms with Gasteiger partial charge in [-0.05, 0) is 47.6 Å². The lowest BCUT2D eigenvalue weighted by atomic mass is 9.94. The van der Waals surface area contributed by atoms with E-state index in [4.69, 9.17) is 10.9 Å². The molecule has 1 aliphatic heterocycles. The van der Waals surface area contributed by atoms with E-state index in [9.17, 15) is 9.59 Å². The van der Waals surface area contributed by atoms with Crippen LogP contribution in [0.4, 0.5) is 0 Å². The van der Waals surface area contributed by atoms with Crippen molar-refractivity contribution in [3.05, 3.63) is 70.3 Å². The number of aliphatic carboxylic acids is 1. The minimum absolute atomic E-state index is 0.197. The zero-order valence-electron chi connectivity index (χ0n) is 14.4. The maximum atomic E-state index is 12.4. The standard InChI is InChI=1S/C20H21N3O3/c21-22-12-16-5-2-14(3-6-16)1-4-15-7-8-18-17(11-15)9-10-23(20(18)26)13-19(24)25/h2-3,5-8,11-12H,1,4,9-10,13,21H2,(H,24,25). The molecule has 0 spiro atoms. The van der Waals surface area contributed by atoms with E-state index in [1.807, 2.05) is 24.3 Å². The highest BCUT2D eigenvalue weighted by atomic mass is 16.4. The van der Waals surface area contributed by atoms with Gasteiger partial charge in [-0.25, -0.2) is 0 Å². The molecule has 1 amide bonds. The van der Waals surface area contributed by atoms with Crippen LogP contribution in [0.25, 0.3) is 0 Å². The van der Waals surface area contributed by atoms with Gasteiger partial charge < -0.3 is 15.8 Å². The number of hydrazone groups is 1. The molecular formula is C20H21N3O3. The molecule has 0 saturated carbocycles. The van der Waals surface area contributed by atoms with Crippen LogP contribution in [-0.4, -0.2) is 41.2 Å². The van der Waals surface area contributed by atoms with Crippen molar-refractivity contribution < 1.29 is 14.7 Å². The Morgan fingerprint density at radius 2 is 1.85 bits per heavy atom. The van der Waals surface area contributed by atoms with Crippen molar-refractivity contribution in [3.8, 4) is 0 Å². The van der Waals surface area contributed by atoms with Gasteiger partial charge in [0.2, 0.25) is 0 Å². The van der Waals surface area contributed by atoms with Gasteiger partial charge in [-0.15, -0.1) is 0 Å². The van der Waals surface area contributed by atoms with Crippen LogP contribution >= 0.6 is 0 Å². The summed E-state index contributed by atoms with van der Waals surface area (Å²) in [7, 11) is 0. The number of hydrogen-bond acceptors (Lipinski definition) is 4. The van der Waals surface area contributed by atoms with Gasteiger partial charge in [0.1, 0.15) is 6.54 Å². The number of carbonyl (C=O) groups excluding carboxylic acids is 1. The van der Waals surface area contributed by atoms with Crippen molar-refractivity contribution in [2.45, 2.75) is 19.3 Å². The Labute approximate surface area is 151 Å². The summed E-state index contributed by atoms with van der Waals surface area (Å²) in [6, 6.07) is 13.9. The van der Waals surface area contributed by atoms with Gasteiger partial charge in [-0.3, -0.25) is 9.59 Å². The predicted octanol–water partition coefficient (Wildman–Crippen LogP) is 1.85. The Bertz CT molecular complexity index is 844. The van der Waals surface area contributed by atoms with Crippen LogP contribution in [0.5, 0.6) is 0 Å². The third-order valence-electron chi connectivity index (χ3n) is 4.57. The van der Waals surface area contributed by atoms with Crippen molar-refractivity contribution in [1.82, 2.24) is 4.90 Å². The van der Waals surface area contributed by atoms with E-state index in [0.717, 1.165) is 24.0 Å². The van der Waals surface area contributed by atoms with E-state index < -0.39 is 5.97 Å². The number of hydrogen-bond donors (Lipinski definition) is 2. The molecule has 0 saturated heterocycles. The van der Waals surface area contributed by atoms with E-state index >= 15 is 0 Å². The molecule has 0 fully saturated rings. The topological polar surface area (TPSA) is 96.0 Å². The van der Waals surface area contributed by atoms with Crippen LogP contribution in [0.2, 0.25) is 0 Å². The highest BCUT2D eigenvalue weighted by Crippen LogP contribution is 2.21. The lowest BCUT2D eigenvalue weighted by Gasteiger charge is -2.27. The van der Waals surface area contributed by atoms with Gasteiger partial charge in [-0.2, -0.15) is 5.10 Å². The molecule has 3 rings (SSSR count). The van der Waals surface area contributed by atoms with E-state index in [2.05, 4.69) is 23.3 Å². The molecule has 0 radical (unpaired) electrons. The van der Waals surface area contributed by atoms with Crippen molar-refractivity contribution in [1.29, 1.82) is 0 Å². The van der Waals surface area contributed by atoms with Gasteiger partial charge in [0, 0.05) is 12.1 Å². The van der Waals surface area contributed by atoms with Gasteiger partial charge in [0.15, 0.2) is 0 Å². The Morgan fingerprint density at radius 1 is 1.15 bits per heavy atom. The molecule has 1 heterocycles. The molecule has 6 nitrogen and oxygen atoms in total. The predicted molar refractivity (Wildman–Crippen MR) is 99.3 cm³/mol. The number of carboxylic acid groups (broad SMARTS) is 1. The smallest absolute Gasteiger partial charge is 0.323 e. The summed E-state index contributed by atoms with van der Waals surface area (Å²) < 4.78 is 0. The molecule has 0 atom stereocenters. The zero-order chi connectivity index (χ0) is 18.5. The minimum Gasteiger partial charge on any atom is -0.480 e. The number of benzene rings is 2. The van der Waals surface area contributed by atoms with Gasteiger partial charge >= 0.3 is 5.97 Å². The largest absolute Gasteiger partial charge is 0.480 e. The van der Waals surface area contributed by atoms with Crippen LogP contribution in [0.1, 0.15) is 32.6 Å². The maximum absolute atomic E-state index is 12.4. The molecule has 2 aromatic carbocycles. The number of aryl methyl sites for hydroxylation is 2. The fourth-order valence-electron chi connectivity index (χ4n) is 3.20. The van der Waals surface area contributed by atoms with E-state index in [1.165, 1.54) is 16.0 Å². The molecule has 0 unspecified atom stereocenters. The summed E-state index contributed by atoms with van der Waals surface area (Å²) in [6.45, 7) is 0.205. The molecule has 0 bridgehead atoms. The van der Waals surface area contributed by atoms with E-state index in [0.29, 0.717) is 18.5 Å². The van der Waals surface area contributed by atoms with E-state index in [-0.39, 0.29) is 12.5 Å². The molecule has 1 aliphatic rings. The number of amides is 1. The number of fused-ring (bicyclic) bond motifs is 1. The second-order valence-electron chi connectivity index (χ2n) is 6.38. The molecular weight excluding hydrogens is 330 g/mol. The van der Waals surface area contributed by atoms with Gasteiger partial charge in [0.05, 0.1) is 6.21 Å². The first kappa shape index (κ1) is 17.7. The fourth-order valence-corrected chi connectivity index (χ4v) is 3.20. The highest BCUT2D eigenvalue weighted by Gasteiger charge is 2.25. The highest BCUT2D eigenvalue weighted by molar-refractivity contribution is 5.98. The third-order valence-corrected chi connectivity index (χ3v) is 4.57. The summed E-state index contributed by atoms with van der Waals surface area (Å²) in [5.74, 6) is 3.96. The van der Waals surface area contributed by atoms with Crippen LogP contribution in [0.3, 0.4) is 0 Å². The quantitative estimate of drug-likeness (QED) is 0.472. The summed E-state index contributed by atoms with van der Waals surface area (Å²) in [6.07, 6.45) is 4.08. The molecule has 134 valence electrons. The maximum Gasteiger partial charge on any atom is 0.323 e. The lowest BCUT2D eigenvalue weighted by Crippen LogP contribution is -2.40. The van der Waals surface area contributed by atoms with Crippen LogP contribution in [-0.2, 0) is 24.1 Å². The molecule has 26 heavy (non-hydrogen) atoms. The van der Waals surface area contributed by atoms with Crippen molar-refractivity contribution in [2.75, 3.05) is 13.1 Å². The Morgan fingerprint density at radius 3 is 2.54 bits per heavy atom. The van der Waals surface area contributed by atoms with Gasteiger partial charge in [0.25, 0.3) is 5.91 Å². The molecule has 0 aliphatic carbocycles.